The molecule has 1 aliphatic rings. The molecule has 16 heavy (non-hydrogen) atoms. The summed E-state index contributed by atoms with van der Waals surface area (Å²) >= 11 is 0. The fourth-order valence-electron chi connectivity index (χ4n) is 2.35. The largest absolute Gasteiger partial charge is 0.328 e. The highest BCUT2D eigenvalue weighted by atomic mass is 15.3. The molecule has 0 spiro atoms. The average molecular weight is 222 g/mol. The molecule has 4 nitrogen and oxygen atoms in total. The Morgan fingerprint density at radius 2 is 2.44 bits per heavy atom. The topological polar surface area (TPSA) is 47.1 Å². The molecule has 2 rings (SSSR count). The van der Waals surface area contributed by atoms with E-state index in [1.54, 1.807) is 0 Å². The SMILES string of the molecule is CCn1cc(CN2CCC(C(C)N)C2)cn1. The summed E-state index contributed by atoms with van der Waals surface area (Å²) in [6.07, 6.45) is 5.35. The summed E-state index contributed by atoms with van der Waals surface area (Å²) in [6, 6.07) is 0.323. The van der Waals surface area contributed by atoms with Gasteiger partial charge in [0.25, 0.3) is 0 Å². The van der Waals surface area contributed by atoms with Crippen molar-refractivity contribution < 1.29 is 0 Å². The fraction of sp³-hybridized carbons (Fsp3) is 0.750. The number of aromatic nitrogens is 2. The lowest BCUT2D eigenvalue weighted by Crippen LogP contribution is -2.29. The van der Waals surface area contributed by atoms with Gasteiger partial charge in [0.05, 0.1) is 6.20 Å². The van der Waals surface area contributed by atoms with Gasteiger partial charge in [0.15, 0.2) is 0 Å². The van der Waals surface area contributed by atoms with E-state index >= 15 is 0 Å². The van der Waals surface area contributed by atoms with E-state index in [1.807, 2.05) is 10.9 Å². The number of nitrogens with two attached hydrogens (primary N) is 1. The molecule has 0 saturated carbocycles. The van der Waals surface area contributed by atoms with Crippen LogP contribution >= 0.6 is 0 Å². The number of hydrogen-bond acceptors (Lipinski definition) is 3. The number of rotatable bonds is 4. The summed E-state index contributed by atoms with van der Waals surface area (Å²) in [7, 11) is 0. The molecule has 1 aromatic heterocycles. The van der Waals surface area contributed by atoms with Gasteiger partial charge >= 0.3 is 0 Å². The van der Waals surface area contributed by atoms with Crippen molar-refractivity contribution in [1.29, 1.82) is 0 Å². The van der Waals surface area contributed by atoms with Crippen molar-refractivity contribution in [3.63, 3.8) is 0 Å². The highest BCUT2D eigenvalue weighted by molar-refractivity contribution is 5.04. The van der Waals surface area contributed by atoms with Crippen molar-refractivity contribution in [3.05, 3.63) is 18.0 Å². The summed E-state index contributed by atoms with van der Waals surface area (Å²) in [6.45, 7) is 8.49. The van der Waals surface area contributed by atoms with Gasteiger partial charge in [-0.1, -0.05) is 0 Å². The van der Waals surface area contributed by atoms with Gasteiger partial charge in [-0.25, -0.2) is 0 Å². The molecular weight excluding hydrogens is 200 g/mol. The Hall–Kier alpha value is -0.870. The minimum atomic E-state index is 0.323. The highest BCUT2D eigenvalue weighted by Crippen LogP contribution is 2.20. The molecule has 0 aliphatic carbocycles. The van der Waals surface area contributed by atoms with Crippen LogP contribution in [0.15, 0.2) is 12.4 Å². The second kappa shape index (κ2) is 4.97. The Balaban J connectivity index is 1.87. The third-order valence-corrected chi connectivity index (χ3v) is 3.47. The summed E-state index contributed by atoms with van der Waals surface area (Å²) in [5.41, 5.74) is 7.25. The maximum atomic E-state index is 5.94. The summed E-state index contributed by atoms with van der Waals surface area (Å²) in [5, 5.41) is 4.30. The van der Waals surface area contributed by atoms with E-state index in [0.29, 0.717) is 12.0 Å². The van der Waals surface area contributed by atoms with Crippen molar-refractivity contribution in [3.8, 4) is 0 Å². The molecule has 2 unspecified atom stereocenters. The van der Waals surface area contributed by atoms with Gasteiger partial charge in [-0.05, 0) is 32.7 Å². The van der Waals surface area contributed by atoms with E-state index in [-0.39, 0.29) is 0 Å². The van der Waals surface area contributed by atoms with Gasteiger partial charge < -0.3 is 5.73 Å². The van der Waals surface area contributed by atoms with Gasteiger partial charge in [0.1, 0.15) is 0 Å². The Bertz CT molecular complexity index is 332. The van der Waals surface area contributed by atoms with Crippen LogP contribution in [0.5, 0.6) is 0 Å². The van der Waals surface area contributed by atoms with Crippen LogP contribution < -0.4 is 5.73 Å². The molecular formula is C12H22N4. The smallest absolute Gasteiger partial charge is 0.0534 e. The molecule has 0 amide bonds. The quantitative estimate of drug-likeness (QED) is 0.829. The lowest BCUT2D eigenvalue weighted by Gasteiger charge is -2.16. The average Bonchev–Trinajstić information content (AvgIpc) is 2.87. The van der Waals surface area contributed by atoms with E-state index in [2.05, 4.69) is 30.0 Å². The molecule has 1 saturated heterocycles. The molecule has 2 atom stereocenters. The highest BCUT2D eigenvalue weighted by Gasteiger charge is 2.25. The minimum Gasteiger partial charge on any atom is -0.328 e. The van der Waals surface area contributed by atoms with Crippen LogP contribution in [0.25, 0.3) is 0 Å². The van der Waals surface area contributed by atoms with Crippen molar-refractivity contribution in [2.24, 2.45) is 11.7 Å². The first-order valence-electron chi connectivity index (χ1n) is 6.18. The van der Waals surface area contributed by atoms with Crippen LogP contribution in [-0.2, 0) is 13.1 Å². The van der Waals surface area contributed by atoms with E-state index in [4.69, 9.17) is 5.73 Å². The van der Waals surface area contributed by atoms with Crippen molar-refractivity contribution >= 4 is 0 Å². The number of nitrogens with zero attached hydrogens (tertiary/aromatic N) is 3. The van der Waals surface area contributed by atoms with Gasteiger partial charge in [-0.3, -0.25) is 9.58 Å². The molecule has 4 heteroatoms. The normalized spacial score (nSPS) is 23.8. The molecule has 1 fully saturated rings. The molecule has 1 aliphatic heterocycles. The van der Waals surface area contributed by atoms with Gasteiger partial charge in [-0.2, -0.15) is 5.10 Å². The van der Waals surface area contributed by atoms with Crippen LogP contribution in [0.3, 0.4) is 0 Å². The van der Waals surface area contributed by atoms with Crippen LogP contribution in [0.4, 0.5) is 0 Å². The van der Waals surface area contributed by atoms with Gasteiger partial charge in [0, 0.05) is 37.4 Å². The van der Waals surface area contributed by atoms with E-state index in [1.165, 1.54) is 18.5 Å². The zero-order valence-corrected chi connectivity index (χ0v) is 10.3. The molecule has 2 heterocycles. The number of aryl methyl sites for hydroxylation is 1. The third kappa shape index (κ3) is 2.62. The number of likely N-dealkylation sites (tertiary alicyclic amines) is 1. The Morgan fingerprint density at radius 3 is 3.00 bits per heavy atom. The van der Waals surface area contributed by atoms with Gasteiger partial charge in [0.2, 0.25) is 0 Å². The van der Waals surface area contributed by atoms with E-state index in [0.717, 1.165) is 19.6 Å². The summed E-state index contributed by atoms with van der Waals surface area (Å²) < 4.78 is 1.98. The summed E-state index contributed by atoms with van der Waals surface area (Å²) in [4.78, 5) is 2.48. The van der Waals surface area contributed by atoms with Crippen LogP contribution in [0, 0.1) is 5.92 Å². The zero-order valence-electron chi connectivity index (χ0n) is 10.3. The monoisotopic (exact) mass is 222 g/mol. The second-order valence-electron chi connectivity index (χ2n) is 4.85. The van der Waals surface area contributed by atoms with Crippen LogP contribution in [0.1, 0.15) is 25.8 Å². The Kier molecular flexibility index (Phi) is 3.61. The molecule has 0 bridgehead atoms. The maximum Gasteiger partial charge on any atom is 0.0534 e. The van der Waals surface area contributed by atoms with Crippen LogP contribution in [-0.4, -0.2) is 33.8 Å². The van der Waals surface area contributed by atoms with E-state index in [9.17, 15) is 0 Å². The number of hydrogen-bond donors (Lipinski definition) is 1. The first-order valence-corrected chi connectivity index (χ1v) is 6.18. The maximum absolute atomic E-state index is 5.94. The molecule has 0 radical (unpaired) electrons. The molecule has 2 N–H and O–H groups in total. The van der Waals surface area contributed by atoms with Crippen molar-refractivity contribution in [2.45, 2.75) is 39.4 Å². The predicted molar refractivity (Wildman–Crippen MR) is 64.9 cm³/mol. The molecule has 90 valence electrons. The van der Waals surface area contributed by atoms with Crippen LogP contribution in [0.2, 0.25) is 0 Å². The third-order valence-electron chi connectivity index (χ3n) is 3.47. The first kappa shape index (κ1) is 11.6. The molecule has 0 aromatic carbocycles. The summed E-state index contributed by atoms with van der Waals surface area (Å²) in [5.74, 6) is 0.668. The first-order chi connectivity index (χ1) is 7.69. The predicted octanol–water partition coefficient (Wildman–Crippen LogP) is 1.07. The van der Waals surface area contributed by atoms with Crippen molar-refractivity contribution in [1.82, 2.24) is 14.7 Å². The zero-order chi connectivity index (χ0) is 11.5. The standard InChI is InChI=1S/C12H22N4/c1-3-16-8-11(6-14-16)7-15-5-4-12(9-15)10(2)13/h6,8,10,12H,3-5,7,9,13H2,1-2H3. The Morgan fingerprint density at radius 1 is 1.62 bits per heavy atom. The van der Waals surface area contributed by atoms with E-state index < -0.39 is 0 Å². The second-order valence-corrected chi connectivity index (χ2v) is 4.85. The minimum absolute atomic E-state index is 0.323. The fourth-order valence-corrected chi connectivity index (χ4v) is 2.35. The lowest BCUT2D eigenvalue weighted by molar-refractivity contribution is 0.308. The van der Waals surface area contributed by atoms with Crippen molar-refractivity contribution in [2.75, 3.05) is 13.1 Å². The Labute approximate surface area is 97.4 Å². The molecule has 1 aromatic rings. The lowest BCUT2D eigenvalue weighted by atomic mass is 10.0. The van der Waals surface area contributed by atoms with Gasteiger partial charge in [-0.15, -0.1) is 0 Å².